The van der Waals surface area contributed by atoms with Gasteiger partial charge in [-0.25, -0.2) is 4.39 Å². The second-order valence-corrected chi connectivity index (χ2v) is 5.55. The molecule has 19 heavy (non-hydrogen) atoms. The molecule has 3 rings (SSSR count). The van der Waals surface area contributed by atoms with Gasteiger partial charge in [-0.15, -0.1) is 0 Å². The number of carbonyl (C=O) groups is 1. The van der Waals surface area contributed by atoms with E-state index in [4.69, 9.17) is 0 Å². The van der Waals surface area contributed by atoms with E-state index < -0.39 is 0 Å². The number of hydrogen-bond acceptors (Lipinski definition) is 1. The zero-order valence-corrected chi connectivity index (χ0v) is 10.9. The molecule has 0 radical (unpaired) electrons. The summed E-state index contributed by atoms with van der Waals surface area (Å²) in [6.07, 6.45) is 2.42. The first-order chi connectivity index (χ1) is 8.98. The number of carbonyl (C=O) groups excluding carboxylic acids is 1. The van der Waals surface area contributed by atoms with Crippen molar-refractivity contribution in [3.8, 4) is 11.1 Å². The number of amides is 1. The molecule has 0 bridgehead atoms. The first kappa shape index (κ1) is 12.0. The minimum Gasteiger partial charge on any atom is -0.364 e. The summed E-state index contributed by atoms with van der Waals surface area (Å²) in [6.45, 7) is 3.94. The Labute approximate surface area is 110 Å². The molecule has 4 heteroatoms. The molecule has 0 unspecified atom stereocenters. The number of nitrogens with one attached hydrogen (secondary N) is 2. The lowest BCUT2D eigenvalue weighted by atomic mass is 9.89. The molecule has 3 nitrogen and oxygen atoms in total. The van der Waals surface area contributed by atoms with Crippen molar-refractivity contribution >= 4 is 5.91 Å². The zero-order valence-electron chi connectivity index (χ0n) is 10.9. The van der Waals surface area contributed by atoms with E-state index in [1.165, 1.54) is 6.07 Å². The molecule has 1 aliphatic rings. The average molecular weight is 258 g/mol. The van der Waals surface area contributed by atoms with Crippen LogP contribution in [0.5, 0.6) is 0 Å². The van der Waals surface area contributed by atoms with Crippen LogP contribution in [0.15, 0.2) is 30.5 Å². The van der Waals surface area contributed by atoms with Crippen molar-refractivity contribution in [2.45, 2.75) is 25.8 Å². The van der Waals surface area contributed by atoms with Gasteiger partial charge in [0.2, 0.25) is 0 Å². The third kappa shape index (κ3) is 1.93. The number of H-pyrrole nitrogens is 1. The molecule has 1 aromatic carbocycles. The van der Waals surface area contributed by atoms with Gasteiger partial charge in [-0.3, -0.25) is 4.79 Å². The first-order valence-electron chi connectivity index (χ1n) is 6.25. The van der Waals surface area contributed by atoms with Gasteiger partial charge in [0.1, 0.15) is 5.82 Å². The van der Waals surface area contributed by atoms with Gasteiger partial charge in [0.25, 0.3) is 5.91 Å². The summed E-state index contributed by atoms with van der Waals surface area (Å²) in [5, 5.41) is 2.95. The second-order valence-electron chi connectivity index (χ2n) is 5.55. The van der Waals surface area contributed by atoms with Crippen LogP contribution < -0.4 is 5.32 Å². The molecule has 0 spiro atoms. The van der Waals surface area contributed by atoms with Crippen LogP contribution in [-0.4, -0.2) is 16.4 Å². The number of rotatable bonds is 1. The summed E-state index contributed by atoms with van der Waals surface area (Å²) < 4.78 is 13.9. The largest absolute Gasteiger partial charge is 0.364 e. The van der Waals surface area contributed by atoms with Crippen molar-refractivity contribution in [1.29, 1.82) is 0 Å². The fraction of sp³-hybridized carbons (Fsp3) is 0.267. The molecular weight excluding hydrogens is 243 g/mol. The highest BCUT2D eigenvalue weighted by atomic mass is 19.1. The molecule has 1 aliphatic heterocycles. The van der Waals surface area contributed by atoms with Crippen LogP contribution in [0, 0.1) is 5.82 Å². The lowest BCUT2D eigenvalue weighted by Gasteiger charge is -2.31. The van der Waals surface area contributed by atoms with Crippen LogP contribution in [0.4, 0.5) is 4.39 Å². The summed E-state index contributed by atoms with van der Waals surface area (Å²) >= 11 is 0. The molecular formula is C15H15FN2O. The smallest absolute Gasteiger partial charge is 0.254 e. The number of halogens is 1. The van der Waals surface area contributed by atoms with Crippen molar-refractivity contribution in [2.24, 2.45) is 0 Å². The molecule has 1 aromatic heterocycles. The van der Waals surface area contributed by atoms with Crippen LogP contribution in [-0.2, 0) is 6.42 Å². The lowest BCUT2D eigenvalue weighted by molar-refractivity contribution is 0.0897. The molecule has 2 aromatic rings. The molecule has 0 saturated heterocycles. The van der Waals surface area contributed by atoms with Crippen LogP contribution in [0.1, 0.15) is 29.9 Å². The van der Waals surface area contributed by atoms with Crippen molar-refractivity contribution in [1.82, 2.24) is 10.3 Å². The van der Waals surface area contributed by atoms with Gasteiger partial charge in [0, 0.05) is 35.0 Å². The van der Waals surface area contributed by atoms with E-state index in [2.05, 4.69) is 10.3 Å². The molecule has 98 valence electrons. The summed E-state index contributed by atoms with van der Waals surface area (Å²) in [6, 6.07) is 6.49. The fourth-order valence-electron chi connectivity index (χ4n) is 2.61. The predicted molar refractivity (Wildman–Crippen MR) is 71.4 cm³/mol. The highest BCUT2D eigenvalue weighted by molar-refractivity contribution is 6.03. The number of aromatic amines is 1. The highest BCUT2D eigenvalue weighted by Gasteiger charge is 2.33. The molecule has 0 fully saturated rings. The van der Waals surface area contributed by atoms with E-state index >= 15 is 0 Å². The Bertz CT molecular complexity index is 658. The third-order valence-electron chi connectivity index (χ3n) is 3.42. The Morgan fingerprint density at radius 1 is 1.21 bits per heavy atom. The van der Waals surface area contributed by atoms with Crippen LogP contribution in [0.25, 0.3) is 11.1 Å². The standard InChI is InChI=1S/C15H15FN2O/c1-15(2)7-12-13(14(19)18-15)10(8-17-12)9-5-3-4-6-11(9)16/h3-6,8,17H,7H2,1-2H3,(H,18,19). The SMILES string of the molecule is CC1(C)Cc2[nH]cc(-c3ccccc3F)c2C(=O)N1. The van der Waals surface area contributed by atoms with Crippen molar-refractivity contribution in [2.75, 3.05) is 0 Å². The molecule has 0 saturated carbocycles. The Morgan fingerprint density at radius 3 is 2.68 bits per heavy atom. The maximum Gasteiger partial charge on any atom is 0.254 e. The molecule has 2 heterocycles. The fourth-order valence-corrected chi connectivity index (χ4v) is 2.61. The quantitative estimate of drug-likeness (QED) is 0.811. The summed E-state index contributed by atoms with van der Waals surface area (Å²) in [4.78, 5) is 15.3. The van der Waals surface area contributed by atoms with Gasteiger partial charge < -0.3 is 10.3 Å². The van der Waals surface area contributed by atoms with Gasteiger partial charge in [0.15, 0.2) is 0 Å². The Morgan fingerprint density at radius 2 is 1.95 bits per heavy atom. The third-order valence-corrected chi connectivity index (χ3v) is 3.42. The van der Waals surface area contributed by atoms with Gasteiger partial charge in [-0.2, -0.15) is 0 Å². The number of fused-ring (bicyclic) bond motifs is 1. The van der Waals surface area contributed by atoms with E-state index in [0.717, 1.165) is 5.69 Å². The number of hydrogen-bond donors (Lipinski definition) is 2. The van der Waals surface area contributed by atoms with E-state index in [9.17, 15) is 9.18 Å². The van der Waals surface area contributed by atoms with Gasteiger partial charge in [-0.1, -0.05) is 18.2 Å². The predicted octanol–water partition coefficient (Wildman–Crippen LogP) is 2.89. The number of aromatic nitrogens is 1. The van der Waals surface area contributed by atoms with Gasteiger partial charge in [0.05, 0.1) is 5.56 Å². The van der Waals surface area contributed by atoms with E-state index in [1.54, 1.807) is 24.4 Å². The van der Waals surface area contributed by atoms with E-state index in [0.29, 0.717) is 23.1 Å². The zero-order chi connectivity index (χ0) is 13.6. The number of benzene rings is 1. The van der Waals surface area contributed by atoms with Crippen molar-refractivity contribution in [3.63, 3.8) is 0 Å². The first-order valence-corrected chi connectivity index (χ1v) is 6.25. The van der Waals surface area contributed by atoms with Gasteiger partial charge in [-0.05, 0) is 19.9 Å². The summed E-state index contributed by atoms with van der Waals surface area (Å²) in [7, 11) is 0. The molecule has 0 atom stereocenters. The van der Waals surface area contributed by atoms with Crippen LogP contribution in [0.2, 0.25) is 0 Å². The maximum atomic E-state index is 13.9. The minimum atomic E-state index is -0.318. The molecule has 1 amide bonds. The normalized spacial score (nSPS) is 16.9. The maximum absolute atomic E-state index is 13.9. The Balaban J connectivity index is 2.15. The highest BCUT2D eigenvalue weighted by Crippen LogP contribution is 2.32. The minimum absolute atomic E-state index is 0.147. The Kier molecular flexibility index (Phi) is 2.49. The van der Waals surface area contributed by atoms with Crippen molar-refractivity contribution in [3.05, 3.63) is 47.5 Å². The summed E-state index contributed by atoms with van der Waals surface area (Å²) in [5.74, 6) is -0.465. The second kappa shape index (κ2) is 3.95. The average Bonchev–Trinajstić information content (AvgIpc) is 2.71. The van der Waals surface area contributed by atoms with Crippen LogP contribution >= 0.6 is 0 Å². The lowest BCUT2D eigenvalue weighted by Crippen LogP contribution is -2.49. The summed E-state index contributed by atoms with van der Waals surface area (Å²) in [5.41, 5.74) is 2.23. The Hall–Kier alpha value is -2.10. The van der Waals surface area contributed by atoms with E-state index in [-0.39, 0.29) is 17.3 Å². The van der Waals surface area contributed by atoms with Gasteiger partial charge >= 0.3 is 0 Å². The van der Waals surface area contributed by atoms with E-state index in [1.807, 2.05) is 13.8 Å². The molecule has 2 N–H and O–H groups in total. The topological polar surface area (TPSA) is 44.9 Å². The monoisotopic (exact) mass is 258 g/mol. The van der Waals surface area contributed by atoms with Crippen LogP contribution in [0.3, 0.4) is 0 Å². The molecule has 0 aliphatic carbocycles. The van der Waals surface area contributed by atoms with Crippen molar-refractivity contribution < 1.29 is 9.18 Å².